The first-order valence-electron chi connectivity index (χ1n) is 6.97. The second-order valence-corrected chi connectivity index (χ2v) is 6.00. The molecule has 2 rings (SSSR count). The third-order valence-corrected chi connectivity index (χ3v) is 4.12. The molecule has 0 saturated carbocycles. The summed E-state index contributed by atoms with van der Waals surface area (Å²) in [6.07, 6.45) is 1.53. The third-order valence-electron chi connectivity index (χ3n) is 3.22. The van der Waals surface area contributed by atoms with Crippen LogP contribution < -0.4 is 10.5 Å². The molecule has 8 heteroatoms. The quantitative estimate of drug-likeness (QED) is 0.722. The van der Waals surface area contributed by atoms with Crippen LogP contribution >= 0.6 is 34.8 Å². The van der Waals surface area contributed by atoms with Crippen molar-refractivity contribution in [3.63, 3.8) is 0 Å². The molecule has 1 aromatic heterocycles. The molecule has 0 atom stereocenters. The summed E-state index contributed by atoms with van der Waals surface area (Å²) in [6.45, 7) is 3.69. The Morgan fingerprint density at radius 1 is 1.30 bits per heavy atom. The van der Waals surface area contributed by atoms with E-state index in [1.807, 2.05) is 18.9 Å². The van der Waals surface area contributed by atoms with Crippen LogP contribution in [0.25, 0.3) is 5.69 Å². The van der Waals surface area contributed by atoms with Gasteiger partial charge in [0.05, 0.1) is 29.2 Å². The highest BCUT2D eigenvalue weighted by Gasteiger charge is 2.15. The molecule has 1 heterocycles. The van der Waals surface area contributed by atoms with E-state index in [0.29, 0.717) is 41.2 Å². The summed E-state index contributed by atoms with van der Waals surface area (Å²) in [6, 6.07) is 4.80. The molecule has 124 valence electrons. The number of likely N-dealkylation sites (N-methyl/N-ethyl adjacent to an activating group) is 1. The van der Waals surface area contributed by atoms with Crippen molar-refractivity contribution >= 4 is 40.5 Å². The van der Waals surface area contributed by atoms with Crippen molar-refractivity contribution < 1.29 is 4.74 Å². The molecule has 0 aliphatic carbocycles. The van der Waals surface area contributed by atoms with Crippen molar-refractivity contribution in [3.05, 3.63) is 49.8 Å². The van der Waals surface area contributed by atoms with Gasteiger partial charge in [-0.05, 0) is 25.1 Å². The van der Waals surface area contributed by atoms with Gasteiger partial charge >= 0.3 is 0 Å². The Morgan fingerprint density at radius 2 is 2.04 bits per heavy atom. The van der Waals surface area contributed by atoms with E-state index >= 15 is 0 Å². The minimum atomic E-state index is -0.448. The van der Waals surface area contributed by atoms with Crippen LogP contribution in [0.4, 0.5) is 5.69 Å². The van der Waals surface area contributed by atoms with E-state index < -0.39 is 5.56 Å². The molecule has 0 aliphatic heterocycles. The maximum absolute atomic E-state index is 12.5. The lowest BCUT2D eigenvalue weighted by Crippen LogP contribution is -2.28. The zero-order valence-electron chi connectivity index (χ0n) is 12.7. The molecule has 0 radical (unpaired) electrons. The molecule has 0 N–H and O–H groups in total. The van der Waals surface area contributed by atoms with Crippen LogP contribution in [0.15, 0.2) is 29.2 Å². The standard InChI is InChI=1S/C15H16Cl3N3O2/c1-3-23-7-6-20(2)13-9-19-21(15(22)14(13)18)12-5-4-10(16)8-11(12)17/h4-5,8-9H,3,6-7H2,1-2H3. The highest BCUT2D eigenvalue weighted by Crippen LogP contribution is 2.25. The van der Waals surface area contributed by atoms with Crippen LogP contribution in [0.1, 0.15) is 6.92 Å². The van der Waals surface area contributed by atoms with Crippen molar-refractivity contribution in [2.24, 2.45) is 0 Å². The number of aromatic nitrogens is 2. The highest BCUT2D eigenvalue weighted by molar-refractivity contribution is 6.36. The molecular weight excluding hydrogens is 361 g/mol. The molecule has 5 nitrogen and oxygen atoms in total. The van der Waals surface area contributed by atoms with Gasteiger partial charge in [-0.1, -0.05) is 34.8 Å². The van der Waals surface area contributed by atoms with Crippen LogP contribution in [0.5, 0.6) is 0 Å². The zero-order valence-corrected chi connectivity index (χ0v) is 15.0. The van der Waals surface area contributed by atoms with Crippen LogP contribution in [-0.4, -0.2) is 36.6 Å². The van der Waals surface area contributed by atoms with E-state index in [1.165, 1.54) is 6.20 Å². The number of anilines is 1. The van der Waals surface area contributed by atoms with E-state index in [2.05, 4.69) is 5.10 Å². The summed E-state index contributed by atoms with van der Waals surface area (Å²) >= 11 is 18.2. The summed E-state index contributed by atoms with van der Waals surface area (Å²) in [5.41, 5.74) is 0.515. The fourth-order valence-electron chi connectivity index (χ4n) is 1.98. The van der Waals surface area contributed by atoms with Crippen molar-refractivity contribution in [3.8, 4) is 5.69 Å². The molecule has 1 aromatic carbocycles. The predicted molar refractivity (Wildman–Crippen MR) is 94.6 cm³/mol. The largest absolute Gasteiger partial charge is 0.380 e. The summed E-state index contributed by atoms with van der Waals surface area (Å²) in [7, 11) is 1.82. The van der Waals surface area contributed by atoms with Gasteiger partial charge in [0.1, 0.15) is 5.02 Å². The molecule has 0 aliphatic rings. The Kier molecular flexibility index (Phi) is 6.30. The molecule has 0 unspecified atom stereocenters. The molecule has 0 fully saturated rings. The first-order chi connectivity index (χ1) is 11.0. The Hall–Kier alpha value is -1.27. The Labute approximate surface area is 149 Å². The minimum absolute atomic E-state index is 0.0741. The van der Waals surface area contributed by atoms with E-state index in [1.54, 1.807) is 18.2 Å². The molecule has 0 bridgehead atoms. The van der Waals surface area contributed by atoms with Gasteiger partial charge < -0.3 is 9.64 Å². The average molecular weight is 377 g/mol. The van der Waals surface area contributed by atoms with Crippen LogP contribution in [-0.2, 0) is 4.74 Å². The Bertz CT molecular complexity index is 749. The SMILES string of the molecule is CCOCCN(C)c1cnn(-c2ccc(Cl)cc2Cl)c(=O)c1Cl. The van der Waals surface area contributed by atoms with Crippen LogP contribution in [0, 0.1) is 0 Å². The molecule has 0 spiro atoms. The molecule has 0 saturated heterocycles. The summed E-state index contributed by atoms with van der Waals surface area (Å²) < 4.78 is 6.45. The third kappa shape index (κ3) is 4.18. The van der Waals surface area contributed by atoms with Crippen LogP contribution in [0.3, 0.4) is 0 Å². The highest BCUT2D eigenvalue weighted by atomic mass is 35.5. The van der Waals surface area contributed by atoms with Crippen molar-refractivity contribution in [2.45, 2.75) is 6.92 Å². The Morgan fingerprint density at radius 3 is 2.70 bits per heavy atom. The van der Waals surface area contributed by atoms with Gasteiger partial charge in [0, 0.05) is 25.2 Å². The number of ether oxygens (including phenoxy) is 1. The Balaban J connectivity index is 2.36. The van der Waals surface area contributed by atoms with Gasteiger partial charge in [0.25, 0.3) is 5.56 Å². The number of rotatable bonds is 6. The summed E-state index contributed by atoms with van der Waals surface area (Å²) in [4.78, 5) is 14.3. The number of hydrogen-bond donors (Lipinski definition) is 0. The first-order valence-corrected chi connectivity index (χ1v) is 8.11. The lowest BCUT2D eigenvalue weighted by molar-refractivity contribution is 0.154. The van der Waals surface area contributed by atoms with E-state index in [9.17, 15) is 4.79 Å². The molecular formula is C15H16Cl3N3O2. The maximum Gasteiger partial charge on any atom is 0.292 e. The second-order valence-electron chi connectivity index (χ2n) is 4.77. The first kappa shape index (κ1) is 18.1. The van der Waals surface area contributed by atoms with Crippen molar-refractivity contribution in [2.75, 3.05) is 31.7 Å². The van der Waals surface area contributed by atoms with Crippen molar-refractivity contribution in [1.29, 1.82) is 0 Å². The zero-order chi connectivity index (χ0) is 17.0. The fraction of sp³-hybridized carbons (Fsp3) is 0.333. The molecule has 0 amide bonds. The summed E-state index contributed by atoms with van der Waals surface area (Å²) in [5.74, 6) is 0. The number of halogens is 3. The second kappa shape index (κ2) is 8.02. The monoisotopic (exact) mass is 375 g/mol. The number of benzene rings is 1. The van der Waals surface area contributed by atoms with E-state index in [0.717, 1.165) is 4.68 Å². The normalized spacial score (nSPS) is 10.8. The van der Waals surface area contributed by atoms with E-state index in [-0.39, 0.29) is 5.02 Å². The van der Waals surface area contributed by atoms with Gasteiger partial charge in [-0.3, -0.25) is 4.79 Å². The van der Waals surface area contributed by atoms with E-state index in [4.69, 9.17) is 39.5 Å². The lowest BCUT2D eigenvalue weighted by atomic mass is 10.3. The van der Waals surface area contributed by atoms with Gasteiger partial charge in [0.2, 0.25) is 0 Å². The number of nitrogens with zero attached hydrogens (tertiary/aromatic N) is 3. The van der Waals surface area contributed by atoms with Gasteiger partial charge in [-0.2, -0.15) is 9.78 Å². The molecule has 23 heavy (non-hydrogen) atoms. The average Bonchev–Trinajstić information content (AvgIpc) is 2.51. The smallest absolute Gasteiger partial charge is 0.292 e. The molecule has 2 aromatic rings. The number of hydrogen-bond acceptors (Lipinski definition) is 4. The topological polar surface area (TPSA) is 47.4 Å². The lowest BCUT2D eigenvalue weighted by Gasteiger charge is -2.20. The van der Waals surface area contributed by atoms with Gasteiger partial charge in [-0.25, -0.2) is 0 Å². The van der Waals surface area contributed by atoms with Gasteiger partial charge in [0.15, 0.2) is 0 Å². The minimum Gasteiger partial charge on any atom is -0.380 e. The van der Waals surface area contributed by atoms with Gasteiger partial charge in [-0.15, -0.1) is 0 Å². The fourth-order valence-corrected chi connectivity index (χ4v) is 2.74. The maximum atomic E-state index is 12.5. The van der Waals surface area contributed by atoms with Crippen molar-refractivity contribution in [1.82, 2.24) is 9.78 Å². The van der Waals surface area contributed by atoms with Crippen LogP contribution in [0.2, 0.25) is 15.1 Å². The predicted octanol–water partition coefficient (Wildman–Crippen LogP) is 3.67. The summed E-state index contributed by atoms with van der Waals surface area (Å²) in [5, 5.41) is 5.03.